The second-order valence-corrected chi connectivity index (χ2v) is 4.73. The van der Waals surface area contributed by atoms with E-state index in [0.29, 0.717) is 26.0 Å². The average molecular weight is 238 g/mol. The zero-order chi connectivity index (χ0) is 12.7. The first-order chi connectivity index (χ1) is 8.14. The SMILES string of the molecule is CCOC(C)CNC(=O)C1(C#N)CCCCC1. The summed E-state index contributed by atoms with van der Waals surface area (Å²) < 4.78 is 5.35. The predicted molar refractivity (Wildman–Crippen MR) is 65.2 cm³/mol. The summed E-state index contributed by atoms with van der Waals surface area (Å²) in [6.07, 6.45) is 4.47. The molecule has 0 bridgehead atoms. The van der Waals surface area contributed by atoms with Crippen molar-refractivity contribution in [3.05, 3.63) is 0 Å². The van der Waals surface area contributed by atoms with Crippen molar-refractivity contribution in [2.45, 2.75) is 52.1 Å². The van der Waals surface area contributed by atoms with Gasteiger partial charge in [-0.05, 0) is 26.7 Å². The summed E-state index contributed by atoms with van der Waals surface area (Å²) >= 11 is 0. The maximum atomic E-state index is 12.1. The lowest BCUT2D eigenvalue weighted by Gasteiger charge is -2.29. The highest BCUT2D eigenvalue weighted by Gasteiger charge is 2.39. The number of hydrogen-bond acceptors (Lipinski definition) is 3. The number of nitrogens with zero attached hydrogens (tertiary/aromatic N) is 1. The van der Waals surface area contributed by atoms with Crippen LogP contribution in [0.15, 0.2) is 0 Å². The monoisotopic (exact) mass is 238 g/mol. The van der Waals surface area contributed by atoms with Crippen LogP contribution in [-0.4, -0.2) is 25.2 Å². The zero-order valence-corrected chi connectivity index (χ0v) is 10.8. The normalized spacial score (nSPS) is 20.3. The van der Waals surface area contributed by atoms with Gasteiger partial charge in [-0.2, -0.15) is 5.26 Å². The molecule has 1 rings (SSSR count). The Balaban J connectivity index is 2.47. The molecule has 1 unspecified atom stereocenters. The molecule has 0 spiro atoms. The van der Waals surface area contributed by atoms with E-state index in [-0.39, 0.29) is 12.0 Å². The summed E-state index contributed by atoms with van der Waals surface area (Å²) in [6, 6.07) is 2.22. The Kier molecular flexibility index (Phi) is 5.43. The van der Waals surface area contributed by atoms with Crippen LogP contribution in [0.1, 0.15) is 46.0 Å². The van der Waals surface area contributed by atoms with Crippen molar-refractivity contribution in [2.75, 3.05) is 13.2 Å². The van der Waals surface area contributed by atoms with Gasteiger partial charge in [-0.1, -0.05) is 19.3 Å². The van der Waals surface area contributed by atoms with Gasteiger partial charge in [0.15, 0.2) is 0 Å². The van der Waals surface area contributed by atoms with Gasteiger partial charge in [-0.25, -0.2) is 0 Å². The molecule has 0 aromatic carbocycles. The molecule has 1 amide bonds. The van der Waals surface area contributed by atoms with Crippen LogP contribution in [0.2, 0.25) is 0 Å². The van der Waals surface area contributed by atoms with Gasteiger partial charge < -0.3 is 10.1 Å². The number of carbonyl (C=O) groups is 1. The summed E-state index contributed by atoms with van der Waals surface area (Å²) in [5, 5.41) is 12.1. The fourth-order valence-corrected chi connectivity index (χ4v) is 2.29. The highest BCUT2D eigenvalue weighted by Crippen LogP contribution is 2.35. The largest absolute Gasteiger partial charge is 0.377 e. The first-order valence-electron chi connectivity index (χ1n) is 6.46. The van der Waals surface area contributed by atoms with E-state index < -0.39 is 5.41 Å². The minimum Gasteiger partial charge on any atom is -0.377 e. The molecule has 1 aliphatic rings. The van der Waals surface area contributed by atoms with Crippen LogP contribution in [-0.2, 0) is 9.53 Å². The number of rotatable bonds is 5. The van der Waals surface area contributed by atoms with Crippen LogP contribution in [0.5, 0.6) is 0 Å². The van der Waals surface area contributed by atoms with Gasteiger partial charge in [0.1, 0.15) is 5.41 Å². The van der Waals surface area contributed by atoms with E-state index in [1.54, 1.807) is 0 Å². The van der Waals surface area contributed by atoms with E-state index >= 15 is 0 Å². The van der Waals surface area contributed by atoms with Gasteiger partial charge in [-0.3, -0.25) is 4.79 Å². The highest BCUT2D eigenvalue weighted by atomic mass is 16.5. The minimum atomic E-state index is -0.788. The number of nitrogens with one attached hydrogen (secondary N) is 1. The zero-order valence-electron chi connectivity index (χ0n) is 10.8. The molecule has 0 aromatic heterocycles. The molecular formula is C13H22N2O2. The van der Waals surface area contributed by atoms with Gasteiger partial charge >= 0.3 is 0 Å². The molecule has 4 heteroatoms. The quantitative estimate of drug-likeness (QED) is 0.796. The third-order valence-corrected chi connectivity index (χ3v) is 3.36. The fourth-order valence-electron chi connectivity index (χ4n) is 2.29. The number of hydrogen-bond donors (Lipinski definition) is 1. The molecular weight excluding hydrogens is 216 g/mol. The Bertz CT molecular complexity index is 290. The molecule has 0 aliphatic heterocycles. The molecule has 96 valence electrons. The summed E-state index contributed by atoms with van der Waals surface area (Å²) in [4.78, 5) is 12.1. The maximum Gasteiger partial charge on any atom is 0.240 e. The third kappa shape index (κ3) is 3.71. The first kappa shape index (κ1) is 14.0. The fraction of sp³-hybridized carbons (Fsp3) is 0.846. The topological polar surface area (TPSA) is 62.1 Å². The Labute approximate surface area is 103 Å². The van der Waals surface area contributed by atoms with Crippen LogP contribution in [0, 0.1) is 16.7 Å². The summed E-state index contributed by atoms with van der Waals surface area (Å²) in [5.41, 5.74) is -0.788. The highest BCUT2D eigenvalue weighted by molar-refractivity contribution is 5.85. The molecule has 1 saturated carbocycles. The van der Waals surface area contributed by atoms with E-state index in [0.717, 1.165) is 19.3 Å². The molecule has 0 aromatic rings. The Hall–Kier alpha value is -1.08. The molecule has 0 heterocycles. The Morgan fingerprint density at radius 1 is 1.47 bits per heavy atom. The van der Waals surface area contributed by atoms with Gasteiger partial charge in [0.2, 0.25) is 5.91 Å². The van der Waals surface area contributed by atoms with E-state index in [1.165, 1.54) is 0 Å². The van der Waals surface area contributed by atoms with Gasteiger partial charge in [-0.15, -0.1) is 0 Å². The van der Waals surface area contributed by atoms with Gasteiger partial charge in [0.05, 0.1) is 12.2 Å². The van der Waals surface area contributed by atoms with Crippen LogP contribution in [0.4, 0.5) is 0 Å². The van der Waals surface area contributed by atoms with Crippen molar-refractivity contribution in [2.24, 2.45) is 5.41 Å². The summed E-state index contributed by atoms with van der Waals surface area (Å²) in [6.45, 7) is 4.97. The smallest absolute Gasteiger partial charge is 0.240 e. The molecule has 1 fully saturated rings. The van der Waals surface area contributed by atoms with Crippen molar-refractivity contribution in [1.29, 1.82) is 5.26 Å². The third-order valence-electron chi connectivity index (χ3n) is 3.36. The number of ether oxygens (including phenoxy) is 1. The summed E-state index contributed by atoms with van der Waals surface area (Å²) in [7, 11) is 0. The average Bonchev–Trinajstić information content (AvgIpc) is 2.37. The van der Waals surface area contributed by atoms with Crippen LogP contribution in [0.25, 0.3) is 0 Å². The lowest BCUT2D eigenvalue weighted by molar-refractivity contribution is -0.130. The lowest BCUT2D eigenvalue weighted by atomic mass is 9.74. The predicted octanol–water partition coefficient (Wildman–Crippen LogP) is 2.00. The molecule has 0 saturated heterocycles. The number of amides is 1. The van der Waals surface area contributed by atoms with E-state index in [4.69, 9.17) is 4.74 Å². The Morgan fingerprint density at radius 2 is 2.12 bits per heavy atom. The van der Waals surface area contributed by atoms with Crippen LogP contribution < -0.4 is 5.32 Å². The second kappa shape index (κ2) is 6.61. The van der Waals surface area contributed by atoms with Gasteiger partial charge in [0, 0.05) is 13.2 Å². The Morgan fingerprint density at radius 3 is 2.65 bits per heavy atom. The first-order valence-corrected chi connectivity index (χ1v) is 6.46. The van der Waals surface area contributed by atoms with Crippen molar-refractivity contribution >= 4 is 5.91 Å². The molecule has 4 nitrogen and oxygen atoms in total. The molecule has 17 heavy (non-hydrogen) atoms. The number of nitriles is 1. The van der Waals surface area contributed by atoms with Crippen molar-refractivity contribution in [3.63, 3.8) is 0 Å². The van der Waals surface area contributed by atoms with Crippen molar-refractivity contribution < 1.29 is 9.53 Å². The van der Waals surface area contributed by atoms with Crippen LogP contribution in [0.3, 0.4) is 0 Å². The number of carbonyl (C=O) groups excluding carboxylic acids is 1. The minimum absolute atomic E-state index is 0.00304. The second-order valence-electron chi connectivity index (χ2n) is 4.73. The molecule has 0 radical (unpaired) electrons. The molecule has 1 atom stereocenters. The van der Waals surface area contributed by atoms with Gasteiger partial charge in [0.25, 0.3) is 0 Å². The van der Waals surface area contributed by atoms with E-state index in [9.17, 15) is 10.1 Å². The standard InChI is InChI=1S/C13H22N2O2/c1-3-17-11(2)9-15-12(16)13(10-14)7-5-4-6-8-13/h11H,3-9H2,1-2H3,(H,15,16). The molecule has 1 aliphatic carbocycles. The lowest BCUT2D eigenvalue weighted by Crippen LogP contribution is -2.44. The maximum absolute atomic E-state index is 12.1. The van der Waals surface area contributed by atoms with Crippen molar-refractivity contribution in [1.82, 2.24) is 5.32 Å². The van der Waals surface area contributed by atoms with Crippen LogP contribution >= 0.6 is 0 Å². The van der Waals surface area contributed by atoms with E-state index in [2.05, 4.69) is 11.4 Å². The molecule has 1 N–H and O–H groups in total. The summed E-state index contributed by atoms with van der Waals surface area (Å²) in [5.74, 6) is -0.119. The van der Waals surface area contributed by atoms with E-state index in [1.807, 2.05) is 13.8 Å². The van der Waals surface area contributed by atoms with Crippen molar-refractivity contribution in [3.8, 4) is 6.07 Å².